The number of aryl methyl sites for hydroxylation is 1. The molecule has 5 nitrogen and oxygen atoms in total. The molecule has 0 fully saturated rings. The number of hydrogen-bond donors (Lipinski definition) is 1. The van der Waals surface area contributed by atoms with E-state index in [2.05, 4.69) is 5.32 Å². The maximum atomic E-state index is 12.1. The molecule has 0 spiro atoms. The average Bonchev–Trinajstić information content (AvgIpc) is 2.41. The Hall–Kier alpha value is -2.69. The Morgan fingerprint density at radius 1 is 1.11 bits per heavy atom. The molecule has 2 aromatic carbocycles. The minimum absolute atomic E-state index is 0.0516. The third-order valence-electron chi connectivity index (χ3n) is 2.74. The Bertz CT molecular complexity index is 638. The summed E-state index contributed by atoms with van der Waals surface area (Å²) in [6, 6.07) is 13.1. The number of rotatable bonds is 3. The van der Waals surface area contributed by atoms with Crippen molar-refractivity contribution in [2.45, 2.75) is 6.92 Å². The van der Waals surface area contributed by atoms with Crippen LogP contribution in [0.2, 0.25) is 0 Å². The molecule has 0 aliphatic carbocycles. The summed E-state index contributed by atoms with van der Waals surface area (Å²) in [5.74, 6) is -0.485. The van der Waals surface area contributed by atoms with E-state index < -0.39 is 10.8 Å². The highest BCUT2D eigenvalue weighted by atomic mass is 16.6. The molecule has 96 valence electrons. The zero-order valence-corrected chi connectivity index (χ0v) is 10.3. The predicted molar refractivity (Wildman–Crippen MR) is 72.2 cm³/mol. The summed E-state index contributed by atoms with van der Waals surface area (Å²) in [7, 11) is 0. The van der Waals surface area contributed by atoms with Crippen molar-refractivity contribution in [1.29, 1.82) is 0 Å². The molecule has 0 aliphatic rings. The lowest BCUT2D eigenvalue weighted by molar-refractivity contribution is -0.385. The van der Waals surface area contributed by atoms with Gasteiger partial charge in [0.2, 0.25) is 0 Å². The van der Waals surface area contributed by atoms with Gasteiger partial charge in [0.1, 0.15) is 5.56 Å². The standard InChI is InChI=1S/C14H12N2O3/c1-10-6-2-4-8-12(10)15-14(17)11-7-3-5-9-13(11)16(18)19/h2-9H,1H3,(H,15,17). The zero-order chi connectivity index (χ0) is 13.8. The largest absolute Gasteiger partial charge is 0.322 e. The van der Waals surface area contributed by atoms with E-state index in [-0.39, 0.29) is 11.3 Å². The van der Waals surface area contributed by atoms with Gasteiger partial charge in [0, 0.05) is 11.8 Å². The lowest BCUT2D eigenvalue weighted by Crippen LogP contribution is -2.14. The third kappa shape index (κ3) is 2.77. The van der Waals surface area contributed by atoms with E-state index in [1.807, 2.05) is 19.1 Å². The number of carbonyl (C=O) groups excluding carboxylic acids is 1. The number of benzene rings is 2. The summed E-state index contributed by atoms with van der Waals surface area (Å²) in [6.07, 6.45) is 0. The molecule has 0 radical (unpaired) electrons. The summed E-state index contributed by atoms with van der Waals surface area (Å²) in [5.41, 5.74) is 1.39. The Labute approximate surface area is 110 Å². The predicted octanol–water partition coefficient (Wildman–Crippen LogP) is 3.16. The van der Waals surface area contributed by atoms with Crippen molar-refractivity contribution in [2.24, 2.45) is 0 Å². The molecule has 0 aromatic heterocycles. The lowest BCUT2D eigenvalue weighted by atomic mass is 10.1. The van der Waals surface area contributed by atoms with E-state index >= 15 is 0 Å². The van der Waals surface area contributed by atoms with E-state index in [1.165, 1.54) is 18.2 Å². The average molecular weight is 256 g/mol. The molecule has 0 aliphatic heterocycles. The number of nitro benzene ring substituents is 1. The summed E-state index contributed by atoms with van der Waals surface area (Å²) >= 11 is 0. The Morgan fingerprint density at radius 3 is 2.42 bits per heavy atom. The third-order valence-corrected chi connectivity index (χ3v) is 2.74. The van der Waals surface area contributed by atoms with Crippen LogP contribution in [0, 0.1) is 17.0 Å². The first kappa shape index (κ1) is 12.8. The van der Waals surface area contributed by atoms with Crippen LogP contribution < -0.4 is 5.32 Å². The van der Waals surface area contributed by atoms with E-state index in [0.29, 0.717) is 5.69 Å². The monoisotopic (exact) mass is 256 g/mol. The van der Waals surface area contributed by atoms with E-state index in [9.17, 15) is 14.9 Å². The van der Waals surface area contributed by atoms with Crippen molar-refractivity contribution < 1.29 is 9.72 Å². The van der Waals surface area contributed by atoms with Crippen LogP contribution in [0.3, 0.4) is 0 Å². The fraction of sp³-hybridized carbons (Fsp3) is 0.0714. The van der Waals surface area contributed by atoms with Gasteiger partial charge in [-0.2, -0.15) is 0 Å². The van der Waals surface area contributed by atoms with Crippen LogP contribution in [-0.2, 0) is 0 Å². The van der Waals surface area contributed by atoms with Gasteiger partial charge in [-0.05, 0) is 24.6 Å². The zero-order valence-electron chi connectivity index (χ0n) is 10.3. The molecule has 1 N–H and O–H groups in total. The molecule has 19 heavy (non-hydrogen) atoms. The molecule has 0 atom stereocenters. The molecule has 0 heterocycles. The number of anilines is 1. The van der Waals surface area contributed by atoms with Crippen LogP contribution >= 0.6 is 0 Å². The first-order chi connectivity index (χ1) is 9.09. The molecule has 1 amide bonds. The number of hydrogen-bond acceptors (Lipinski definition) is 3. The number of nitro groups is 1. The first-order valence-corrected chi connectivity index (χ1v) is 5.70. The summed E-state index contributed by atoms with van der Waals surface area (Å²) < 4.78 is 0. The Morgan fingerprint density at radius 2 is 1.74 bits per heavy atom. The van der Waals surface area contributed by atoms with Gasteiger partial charge in [0.05, 0.1) is 4.92 Å². The summed E-state index contributed by atoms with van der Waals surface area (Å²) in [6.45, 7) is 1.86. The highest BCUT2D eigenvalue weighted by molar-refractivity contribution is 6.07. The number of carbonyl (C=O) groups is 1. The Balaban J connectivity index is 2.31. The molecule has 0 unspecified atom stereocenters. The van der Waals surface area contributed by atoms with Crippen LogP contribution in [0.15, 0.2) is 48.5 Å². The van der Waals surface area contributed by atoms with Crippen LogP contribution in [0.4, 0.5) is 11.4 Å². The maximum absolute atomic E-state index is 12.1. The SMILES string of the molecule is Cc1ccccc1NC(=O)c1ccccc1[N+](=O)[O-]. The van der Waals surface area contributed by atoms with Crippen molar-refractivity contribution >= 4 is 17.3 Å². The minimum atomic E-state index is -0.563. The van der Waals surface area contributed by atoms with E-state index in [1.54, 1.807) is 18.2 Å². The van der Waals surface area contributed by atoms with Crippen LogP contribution in [0.5, 0.6) is 0 Å². The second-order valence-electron chi connectivity index (χ2n) is 4.04. The molecule has 2 rings (SSSR count). The summed E-state index contributed by atoms with van der Waals surface area (Å²) in [4.78, 5) is 22.4. The lowest BCUT2D eigenvalue weighted by Gasteiger charge is -2.08. The molecule has 0 saturated heterocycles. The van der Waals surface area contributed by atoms with Gasteiger partial charge >= 0.3 is 0 Å². The van der Waals surface area contributed by atoms with Crippen molar-refractivity contribution in [3.05, 3.63) is 69.8 Å². The van der Waals surface area contributed by atoms with Gasteiger partial charge < -0.3 is 5.32 Å². The second kappa shape index (κ2) is 5.30. The fourth-order valence-electron chi connectivity index (χ4n) is 1.73. The van der Waals surface area contributed by atoms with Gasteiger partial charge in [-0.1, -0.05) is 30.3 Å². The number of nitrogens with zero attached hydrogens (tertiary/aromatic N) is 1. The molecule has 0 bridgehead atoms. The maximum Gasteiger partial charge on any atom is 0.282 e. The molecule has 5 heteroatoms. The quantitative estimate of drug-likeness (QED) is 0.677. The molecular weight excluding hydrogens is 244 g/mol. The minimum Gasteiger partial charge on any atom is -0.322 e. The van der Waals surface area contributed by atoms with Gasteiger partial charge in [0.15, 0.2) is 0 Å². The fourth-order valence-corrected chi connectivity index (χ4v) is 1.73. The van der Waals surface area contributed by atoms with Gasteiger partial charge in [-0.25, -0.2) is 0 Å². The normalized spacial score (nSPS) is 9.95. The highest BCUT2D eigenvalue weighted by Gasteiger charge is 2.19. The van der Waals surface area contributed by atoms with Crippen molar-refractivity contribution in [3.63, 3.8) is 0 Å². The number of amides is 1. The number of nitrogens with one attached hydrogen (secondary N) is 1. The highest BCUT2D eigenvalue weighted by Crippen LogP contribution is 2.20. The summed E-state index contributed by atoms with van der Waals surface area (Å²) in [5, 5.41) is 13.5. The number of para-hydroxylation sites is 2. The van der Waals surface area contributed by atoms with Crippen molar-refractivity contribution in [2.75, 3.05) is 5.32 Å². The van der Waals surface area contributed by atoms with Crippen LogP contribution in [0.25, 0.3) is 0 Å². The van der Waals surface area contributed by atoms with E-state index in [4.69, 9.17) is 0 Å². The topological polar surface area (TPSA) is 72.2 Å². The van der Waals surface area contributed by atoms with Gasteiger partial charge in [-0.15, -0.1) is 0 Å². The van der Waals surface area contributed by atoms with Gasteiger partial charge in [0.25, 0.3) is 11.6 Å². The van der Waals surface area contributed by atoms with Crippen molar-refractivity contribution in [3.8, 4) is 0 Å². The molecular formula is C14H12N2O3. The van der Waals surface area contributed by atoms with E-state index in [0.717, 1.165) is 5.56 Å². The van der Waals surface area contributed by atoms with Crippen LogP contribution in [-0.4, -0.2) is 10.8 Å². The van der Waals surface area contributed by atoms with Gasteiger partial charge in [-0.3, -0.25) is 14.9 Å². The Kier molecular flexibility index (Phi) is 3.56. The van der Waals surface area contributed by atoms with Crippen LogP contribution in [0.1, 0.15) is 15.9 Å². The van der Waals surface area contributed by atoms with Crippen molar-refractivity contribution in [1.82, 2.24) is 0 Å². The molecule has 0 saturated carbocycles. The smallest absolute Gasteiger partial charge is 0.282 e. The molecule has 2 aromatic rings. The first-order valence-electron chi connectivity index (χ1n) is 5.70. The second-order valence-corrected chi connectivity index (χ2v) is 4.04.